The summed E-state index contributed by atoms with van der Waals surface area (Å²) in [6.07, 6.45) is 1.54. The molecule has 29 heavy (non-hydrogen) atoms. The molecular weight excluding hydrogens is 412 g/mol. The monoisotopic (exact) mass is 428 g/mol. The van der Waals surface area contributed by atoms with E-state index in [1.54, 1.807) is 66.9 Å². The van der Waals surface area contributed by atoms with Crippen LogP contribution in [0.5, 0.6) is 0 Å². The van der Waals surface area contributed by atoms with Gasteiger partial charge in [0, 0.05) is 10.6 Å². The van der Waals surface area contributed by atoms with E-state index in [2.05, 4.69) is 10.3 Å². The van der Waals surface area contributed by atoms with E-state index in [1.807, 2.05) is 6.92 Å². The number of rotatable bonds is 6. The summed E-state index contributed by atoms with van der Waals surface area (Å²) < 4.78 is 37.5. The lowest BCUT2D eigenvalue weighted by Gasteiger charge is -2.05. The lowest BCUT2D eigenvalue weighted by atomic mass is 10.2. The minimum Gasteiger partial charge on any atom is -0.467 e. The third-order valence-electron chi connectivity index (χ3n) is 4.28. The number of nitrogens with zero attached hydrogens (tertiary/aromatic N) is 1. The molecule has 0 atom stereocenters. The predicted octanol–water partition coefficient (Wildman–Crippen LogP) is 5.34. The Morgan fingerprint density at radius 3 is 2.41 bits per heavy atom. The molecule has 1 N–H and O–H groups in total. The summed E-state index contributed by atoms with van der Waals surface area (Å²) in [7, 11) is -3.90. The fourth-order valence-corrected chi connectivity index (χ4v) is 4.13. The minimum absolute atomic E-state index is 0.0481. The van der Waals surface area contributed by atoms with Crippen LogP contribution < -0.4 is 5.32 Å². The first-order valence-electron chi connectivity index (χ1n) is 8.78. The van der Waals surface area contributed by atoms with Gasteiger partial charge in [-0.3, -0.25) is 0 Å². The maximum atomic E-state index is 13.2. The van der Waals surface area contributed by atoms with Crippen LogP contribution >= 0.6 is 11.6 Å². The standard InChI is InChI=1S/C21H17ClN2O4S/c1-14-4-10-18(11-5-14)29(25,26)21-20(23-13-17-3-2-12-27-17)28-19(24-21)15-6-8-16(22)9-7-15/h2-12,23H,13H2,1H3. The zero-order valence-electron chi connectivity index (χ0n) is 15.4. The van der Waals surface area contributed by atoms with E-state index in [0.29, 0.717) is 16.3 Å². The molecule has 4 aromatic rings. The zero-order chi connectivity index (χ0) is 20.4. The Morgan fingerprint density at radius 2 is 1.76 bits per heavy atom. The fraction of sp³-hybridized carbons (Fsp3) is 0.0952. The normalized spacial score (nSPS) is 11.5. The molecule has 0 bridgehead atoms. The Labute approximate surface area is 173 Å². The molecule has 0 aliphatic rings. The van der Waals surface area contributed by atoms with E-state index in [9.17, 15) is 8.42 Å². The summed E-state index contributed by atoms with van der Waals surface area (Å²) >= 11 is 5.94. The predicted molar refractivity (Wildman–Crippen MR) is 110 cm³/mol. The molecule has 0 spiro atoms. The van der Waals surface area contributed by atoms with E-state index < -0.39 is 9.84 Å². The van der Waals surface area contributed by atoms with Gasteiger partial charge < -0.3 is 14.2 Å². The highest BCUT2D eigenvalue weighted by Crippen LogP contribution is 2.33. The van der Waals surface area contributed by atoms with Gasteiger partial charge in [0.05, 0.1) is 17.7 Å². The first-order chi connectivity index (χ1) is 13.9. The third-order valence-corrected chi connectivity index (χ3v) is 6.21. The van der Waals surface area contributed by atoms with Gasteiger partial charge in [-0.1, -0.05) is 29.3 Å². The molecule has 0 radical (unpaired) electrons. The number of hydrogen-bond donors (Lipinski definition) is 1. The molecule has 0 amide bonds. The van der Waals surface area contributed by atoms with Crippen LogP contribution in [-0.2, 0) is 16.4 Å². The largest absolute Gasteiger partial charge is 0.467 e. The third kappa shape index (κ3) is 4.06. The van der Waals surface area contributed by atoms with E-state index in [1.165, 1.54) is 0 Å². The van der Waals surface area contributed by atoms with Crippen molar-refractivity contribution in [1.82, 2.24) is 4.98 Å². The molecule has 2 aromatic carbocycles. The number of aryl methyl sites for hydroxylation is 1. The van der Waals surface area contributed by atoms with Crippen molar-refractivity contribution in [2.45, 2.75) is 23.4 Å². The molecule has 0 saturated carbocycles. The summed E-state index contributed by atoms with van der Waals surface area (Å²) in [5.41, 5.74) is 1.57. The van der Waals surface area contributed by atoms with Crippen molar-refractivity contribution in [3.8, 4) is 11.5 Å². The molecule has 0 fully saturated rings. The molecule has 0 saturated heterocycles. The Morgan fingerprint density at radius 1 is 1.03 bits per heavy atom. The maximum absolute atomic E-state index is 13.2. The number of hydrogen-bond acceptors (Lipinski definition) is 6. The van der Waals surface area contributed by atoms with Gasteiger partial charge in [-0.05, 0) is 55.5 Å². The second-order valence-corrected chi connectivity index (χ2v) is 8.71. The van der Waals surface area contributed by atoms with Gasteiger partial charge in [0.1, 0.15) is 5.76 Å². The Kier molecular flexibility index (Phi) is 5.17. The van der Waals surface area contributed by atoms with E-state index >= 15 is 0 Å². The van der Waals surface area contributed by atoms with Gasteiger partial charge in [-0.25, -0.2) is 8.42 Å². The van der Waals surface area contributed by atoms with E-state index in [0.717, 1.165) is 5.56 Å². The fourth-order valence-electron chi connectivity index (χ4n) is 2.73. The van der Waals surface area contributed by atoms with Gasteiger partial charge in [0.25, 0.3) is 0 Å². The molecular formula is C21H17ClN2O4S. The van der Waals surface area contributed by atoms with Crippen LogP contribution in [0.15, 0.2) is 85.7 Å². The van der Waals surface area contributed by atoms with Crippen molar-refractivity contribution in [3.63, 3.8) is 0 Å². The quantitative estimate of drug-likeness (QED) is 0.446. The van der Waals surface area contributed by atoms with Crippen LogP contribution in [0.1, 0.15) is 11.3 Å². The average molecular weight is 429 g/mol. The number of halogens is 1. The van der Waals surface area contributed by atoms with Gasteiger partial charge in [0.15, 0.2) is 0 Å². The summed E-state index contributed by atoms with van der Waals surface area (Å²) in [6.45, 7) is 2.14. The van der Waals surface area contributed by atoms with Crippen molar-refractivity contribution in [2.24, 2.45) is 0 Å². The number of aromatic nitrogens is 1. The smallest absolute Gasteiger partial charge is 0.234 e. The summed E-state index contributed by atoms with van der Waals surface area (Å²) in [6, 6.07) is 16.9. The zero-order valence-corrected chi connectivity index (χ0v) is 17.0. The molecule has 4 rings (SSSR count). The second kappa shape index (κ2) is 7.77. The molecule has 0 unspecified atom stereocenters. The van der Waals surface area contributed by atoms with Gasteiger partial charge in [-0.2, -0.15) is 4.98 Å². The van der Waals surface area contributed by atoms with Crippen LogP contribution in [-0.4, -0.2) is 13.4 Å². The number of nitrogens with one attached hydrogen (secondary N) is 1. The minimum atomic E-state index is -3.90. The highest BCUT2D eigenvalue weighted by atomic mass is 35.5. The summed E-state index contributed by atoms with van der Waals surface area (Å²) in [5.74, 6) is 0.856. The average Bonchev–Trinajstić information content (AvgIpc) is 3.37. The number of sulfone groups is 1. The van der Waals surface area contributed by atoms with Crippen molar-refractivity contribution < 1.29 is 17.3 Å². The van der Waals surface area contributed by atoms with E-state index in [-0.39, 0.29) is 28.2 Å². The summed E-state index contributed by atoms with van der Waals surface area (Å²) in [4.78, 5) is 4.43. The molecule has 6 nitrogen and oxygen atoms in total. The first-order valence-corrected chi connectivity index (χ1v) is 10.6. The highest BCUT2D eigenvalue weighted by molar-refractivity contribution is 7.91. The van der Waals surface area contributed by atoms with Gasteiger partial charge in [-0.15, -0.1) is 0 Å². The van der Waals surface area contributed by atoms with Gasteiger partial charge >= 0.3 is 0 Å². The van der Waals surface area contributed by atoms with Crippen molar-refractivity contribution in [3.05, 3.63) is 83.3 Å². The lowest BCUT2D eigenvalue weighted by Crippen LogP contribution is -2.07. The Balaban J connectivity index is 1.77. The summed E-state index contributed by atoms with van der Waals surface area (Å²) in [5, 5.41) is 3.35. The highest BCUT2D eigenvalue weighted by Gasteiger charge is 2.28. The number of benzene rings is 2. The number of furan rings is 1. The van der Waals surface area contributed by atoms with Crippen LogP contribution in [0.4, 0.5) is 5.88 Å². The molecule has 0 aliphatic carbocycles. The van der Waals surface area contributed by atoms with Crippen LogP contribution in [0, 0.1) is 6.92 Å². The van der Waals surface area contributed by atoms with Crippen molar-refractivity contribution in [2.75, 3.05) is 5.32 Å². The van der Waals surface area contributed by atoms with Crippen LogP contribution in [0.2, 0.25) is 5.02 Å². The SMILES string of the molecule is Cc1ccc(S(=O)(=O)c2nc(-c3ccc(Cl)cc3)oc2NCc2ccco2)cc1. The topological polar surface area (TPSA) is 85.3 Å². The lowest BCUT2D eigenvalue weighted by molar-refractivity contribution is 0.511. The molecule has 0 aliphatic heterocycles. The number of anilines is 1. The van der Waals surface area contributed by atoms with Crippen molar-refractivity contribution >= 4 is 27.3 Å². The van der Waals surface area contributed by atoms with E-state index in [4.69, 9.17) is 20.4 Å². The maximum Gasteiger partial charge on any atom is 0.234 e. The number of oxazole rings is 1. The first kappa shape index (κ1) is 19.3. The van der Waals surface area contributed by atoms with Crippen molar-refractivity contribution in [1.29, 1.82) is 0 Å². The van der Waals surface area contributed by atoms with Gasteiger partial charge in [0.2, 0.25) is 26.6 Å². The molecule has 2 aromatic heterocycles. The molecule has 8 heteroatoms. The van der Waals surface area contributed by atoms with Crippen LogP contribution in [0.3, 0.4) is 0 Å². The molecule has 148 valence electrons. The molecule has 2 heterocycles. The Bertz CT molecular complexity index is 1210. The Hall–Kier alpha value is -3.03. The second-order valence-electron chi connectivity index (χ2n) is 6.41. The van der Waals surface area contributed by atoms with Crippen LogP contribution in [0.25, 0.3) is 11.5 Å².